The second-order valence-corrected chi connectivity index (χ2v) is 5.64. The van der Waals surface area contributed by atoms with E-state index in [4.69, 9.17) is 4.42 Å². The zero-order chi connectivity index (χ0) is 17.1. The van der Waals surface area contributed by atoms with E-state index in [1.165, 1.54) is 12.5 Å². The Kier molecular flexibility index (Phi) is 4.45. The molecule has 0 bridgehead atoms. The number of nitrogens with one attached hydrogen (secondary N) is 1. The van der Waals surface area contributed by atoms with Crippen LogP contribution in [0.25, 0.3) is 0 Å². The van der Waals surface area contributed by atoms with Crippen LogP contribution in [0.2, 0.25) is 0 Å². The summed E-state index contributed by atoms with van der Waals surface area (Å²) in [5.41, 5.74) is 0.509. The maximum absolute atomic E-state index is 13.4. The number of carbonyl (C=O) groups is 1. The zero-order valence-electron chi connectivity index (χ0n) is 12.8. The third-order valence-corrected chi connectivity index (χ3v) is 4.07. The molecule has 0 spiro atoms. The number of likely N-dealkylation sites (tertiary alicyclic amines) is 1. The van der Waals surface area contributed by atoms with Crippen LogP contribution in [0.15, 0.2) is 41.2 Å². The number of carbonyl (C=O) groups excluding carboxylic acids is 1. The smallest absolute Gasteiger partial charge is 0.292 e. The number of piperidine rings is 1. The van der Waals surface area contributed by atoms with Crippen molar-refractivity contribution >= 4 is 17.3 Å². The minimum Gasteiger partial charge on any atom is -0.472 e. The van der Waals surface area contributed by atoms with E-state index in [9.17, 15) is 19.3 Å². The lowest BCUT2D eigenvalue weighted by Gasteiger charge is -2.32. The molecule has 3 rings (SSSR count). The Morgan fingerprint density at radius 2 is 2.08 bits per heavy atom. The highest BCUT2D eigenvalue weighted by Crippen LogP contribution is 2.27. The first kappa shape index (κ1) is 16.0. The molecule has 0 radical (unpaired) electrons. The van der Waals surface area contributed by atoms with Gasteiger partial charge in [0.15, 0.2) is 0 Å². The van der Waals surface area contributed by atoms with E-state index < -0.39 is 10.7 Å². The second kappa shape index (κ2) is 6.69. The number of rotatable bonds is 4. The average molecular weight is 333 g/mol. The average Bonchev–Trinajstić information content (AvgIpc) is 3.09. The number of nitro benzene ring substituents is 1. The van der Waals surface area contributed by atoms with Gasteiger partial charge in [-0.1, -0.05) is 0 Å². The largest absolute Gasteiger partial charge is 0.472 e. The van der Waals surface area contributed by atoms with Crippen LogP contribution >= 0.6 is 0 Å². The van der Waals surface area contributed by atoms with Gasteiger partial charge in [-0.3, -0.25) is 14.9 Å². The predicted molar refractivity (Wildman–Crippen MR) is 84.3 cm³/mol. The van der Waals surface area contributed by atoms with Gasteiger partial charge in [0, 0.05) is 31.3 Å². The molecule has 24 heavy (non-hydrogen) atoms. The molecule has 7 nitrogen and oxygen atoms in total. The van der Waals surface area contributed by atoms with Crippen LogP contribution in [-0.2, 0) is 0 Å². The Morgan fingerprint density at radius 3 is 2.71 bits per heavy atom. The van der Waals surface area contributed by atoms with Gasteiger partial charge < -0.3 is 14.6 Å². The minimum atomic E-state index is -0.542. The molecule has 2 aromatic rings. The molecule has 1 aromatic heterocycles. The van der Waals surface area contributed by atoms with Crippen molar-refractivity contribution in [2.45, 2.75) is 18.9 Å². The minimum absolute atomic E-state index is 0.0566. The van der Waals surface area contributed by atoms with Gasteiger partial charge in [0.1, 0.15) is 17.8 Å². The lowest BCUT2D eigenvalue weighted by Crippen LogP contribution is -2.42. The number of amides is 1. The number of anilines is 1. The molecule has 0 unspecified atom stereocenters. The van der Waals surface area contributed by atoms with Crippen LogP contribution in [0.3, 0.4) is 0 Å². The molecule has 0 atom stereocenters. The van der Waals surface area contributed by atoms with Crippen LogP contribution in [0.5, 0.6) is 0 Å². The van der Waals surface area contributed by atoms with Crippen molar-refractivity contribution < 1.29 is 18.5 Å². The van der Waals surface area contributed by atoms with Gasteiger partial charge in [0.25, 0.3) is 11.6 Å². The third kappa shape index (κ3) is 3.37. The van der Waals surface area contributed by atoms with Crippen molar-refractivity contribution in [1.82, 2.24) is 4.90 Å². The molecule has 1 aliphatic rings. The highest BCUT2D eigenvalue weighted by Gasteiger charge is 2.25. The van der Waals surface area contributed by atoms with Crippen molar-refractivity contribution in [1.29, 1.82) is 0 Å². The lowest BCUT2D eigenvalue weighted by molar-refractivity contribution is -0.384. The van der Waals surface area contributed by atoms with Gasteiger partial charge in [-0.25, -0.2) is 4.39 Å². The van der Waals surface area contributed by atoms with Gasteiger partial charge in [0.05, 0.1) is 16.7 Å². The predicted octanol–water partition coefficient (Wildman–Crippen LogP) is 3.04. The molecule has 0 saturated carbocycles. The maximum atomic E-state index is 13.4. The molecule has 1 saturated heterocycles. The maximum Gasteiger partial charge on any atom is 0.292 e. The van der Waals surface area contributed by atoms with Crippen LogP contribution in [0, 0.1) is 15.9 Å². The van der Waals surface area contributed by atoms with E-state index in [2.05, 4.69) is 5.32 Å². The number of benzene rings is 1. The van der Waals surface area contributed by atoms with Gasteiger partial charge in [-0.15, -0.1) is 0 Å². The van der Waals surface area contributed by atoms with Crippen LogP contribution in [-0.4, -0.2) is 34.9 Å². The summed E-state index contributed by atoms with van der Waals surface area (Å²) in [5, 5.41) is 14.1. The van der Waals surface area contributed by atoms with E-state index in [0.717, 1.165) is 18.2 Å². The van der Waals surface area contributed by atoms with Gasteiger partial charge in [-0.2, -0.15) is 0 Å². The first-order chi connectivity index (χ1) is 11.5. The fourth-order valence-corrected chi connectivity index (χ4v) is 2.80. The number of furan rings is 1. The first-order valence-corrected chi connectivity index (χ1v) is 7.56. The van der Waals surface area contributed by atoms with Crippen LogP contribution in [0.1, 0.15) is 23.2 Å². The summed E-state index contributed by atoms with van der Waals surface area (Å²) in [6, 6.07) is 4.90. The Labute approximate surface area is 137 Å². The Balaban J connectivity index is 1.63. The molecule has 1 aromatic carbocycles. The van der Waals surface area contributed by atoms with Gasteiger partial charge >= 0.3 is 0 Å². The summed E-state index contributed by atoms with van der Waals surface area (Å²) in [6.07, 6.45) is 4.10. The number of nitro groups is 1. The summed E-state index contributed by atoms with van der Waals surface area (Å²) in [5.74, 6) is -0.630. The molecule has 1 aliphatic heterocycles. The highest BCUT2D eigenvalue weighted by atomic mass is 19.1. The molecule has 1 fully saturated rings. The Hall–Kier alpha value is -2.90. The second-order valence-electron chi connectivity index (χ2n) is 5.64. The van der Waals surface area contributed by atoms with Crippen LogP contribution in [0.4, 0.5) is 15.8 Å². The lowest BCUT2D eigenvalue weighted by atomic mass is 10.0. The summed E-state index contributed by atoms with van der Waals surface area (Å²) >= 11 is 0. The fourth-order valence-electron chi connectivity index (χ4n) is 2.80. The van der Waals surface area contributed by atoms with Crippen molar-refractivity contribution in [3.63, 3.8) is 0 Å². The van der Waals surface area contributed by atoms with E-state index in [1.54, 1.807) is 11.0 Å². The SMILES string of the molecule is O=C(c1ccoc1)N1CCC(Nc2cc(F)ccc2[N+](=O)[O-])CC1. The topological polar surface area (TPSA) is 88.6 Å². The van der Waals surface area contributed by atoms with Crippen LogP contribution < -0.4 is 5.32 Å². The molecule has 8 heteroatoms. The molecule has 126 valence electrons. The van der Waals surface area contributed by atoms with Gasteiger partial charge in [0.2, 0.25) is 0 Å². The molecular formula is C16H16FN3O4. The summed E-state index contributed by atoms with van der Waals surface area (Å²) in [6.45, 7) is 1.04. The Bertz CT molecular complexity index is 740. The summed E-state index contributed by atoms with van der Waals surface area (Å²) < 4.78 is 18.3. The van der Waals surface area contributed by atoms with E-state index in [-0.39, 0.29) is 23.3 Å². The fraction of sp³-hybridized carbons (Fsp3) is 0.312. The number of hydrogen-bond donors (Lipinski definition) is 1. The standard InChI is InChI=1S/C16H16FN3O4/c17-12-1-2-15(20(22)23)14(9-12)18-13-3-6-19(7-4-13)16(21)11-5-8-24-10-11/h1-2,5,8-10,13,18H,3-4,6-7H2. The summed E-state index contributed by atoms with van der Waals surface area (Å²) in [7, 11) is 0. The van der Waals surface area contributed by atoms with Gasteiger partial charge in [-0.05, 0) is 25.0 Å². The first-order valence-electron chi connectivity index (χ1n) is 7.56. The van der Waals surface area contributed by atoms with E-state index in [1.807, 2.05) is 0 Å². The Morgan fingerprint density at radius 1 is 1.33 bits per heavy atom. The number of halogens is 1. The van der Waals surface area contributed by atoms with Crippen molar-refractivity contribution in [2.75, 3.05) is 18.4 Å². The quantitative estimate of drug-likeness (QED) is 0.686. The normalized spacial score (nSPS) is 15.3. The molecule has 2 heterocycles. The molecular weight excluding hydrogens is 317 g/mol. The molecule has 0 aliphatic carbocycles. The summed E-state index contributed by atoms with van der Waals surface area (Å²) in [4.78, 5) is 24.4. The zero-order valence-corrected chi connectivity index (χ0v) is 12.8. The van der Waals surface area contributed by atoms with Crippen molar-refractivity contribution in [3.8, 4) is 0 Å². The van der Waals surface area contributed by atoms with Crippen molar-refractivity contribution in [3.05, 3.63) is 58.3 Å². The van der Waals surface area contributed by atoms with Crippen molar-refractivity contribution in [2.24, 2.45) is 0 Å². The third-order valence-electron chi connectivity index (χ3n) is 4.07. The highest BCUT2D eigenvalue weighted by molar-refractivity contribution is 5.93. The number of hydrogen-bond acceptors (Lipinski definition) is 5. The van der Waals surface area contributed by atoms with E-state index in [0.29, 0.717) is 31.5 Å². The molecule has 1 N–H and O–H groups in total. The number of nitrogens with zero attached hydrogens (tertiary/aromatic N) is 2. The monoisotopic (exact) mass is 333 g/mol. The van der Waals surface area contributed by atoms with E-state index >= 15 is 0 Å². The molecule has 1 amide bonds.